The van der Waals surface area contributed by atoms with Crippen LogP contribution in [0.5, 0.6) is 0 Å². The number of benzene rings is 1. The van der Waals surface area contributed by atoms with Crippen molar-refractivity contribution >= 4 is 5.97 Å². The first-order chi connectivity index (χ1) is 9.32. The van der Waals surface area contributed by atoms with Crippen LogP contribution >= 0.6 is 0 Å². The van der Waals surface area contributed by atoms with Crippen molar-refractivity contribution in [1.82, 2.24) is 5.32 Å². The Hall–Kier alpha value is -1.39. The highest BCUT2D eigenvalue weighted by Crippen LogP contribution is 2.23. The first kappa shape index (κ1) is 16.7. The van der Waals surface area contributed by atoms with Gasteiger partial charge in [0.15, 0.2) is 0 Å². The van der Waals surface area contributed by atoms with Crippen LogP contribution < -0.4 is 5.32 Å². The number of aryl methyl sites for hydroxylation is 2. The van der Waals surface area contributed by atoms with Gasteiger partial charge in [0.1, 0.15) is 0 Å². The van der Waals surface area contributed by atoms with Gasteiger partial charge in [-0.25, -0.2) is 0 Å². The number of hydrogen-bond donors (Lipinski definition) is 3. The minimum Gasteiger partial charge on any atom is -0.481 e. The van der Waals surface area contributed by atoms with Crippen LogP contribution in [-0.2, 0) is 4.79 Å². The van der Waals surface area contributed by atoms with Crippen molar-refractivity contribution in [3.8, 4) is 0 Å². The van der Waals surface area contributed by atoms with Gasteiger partial charge >= 0.3 is 5.97 Å². The number of aliphatic carboxylic acids is 1. The maximum atomic E-state index is 10.6. The Balaban J connectivity index is 2.79. The molecule has 0 bridgehead atoms. The van der Waals surface area contributed by atoms with Gasteiger partial charge in [0.2, 0.25) is 0 Å². The first-order valence-electron chi connectivity index (χ1n) is 7.03. The molecule has 1 aromatic rings. The van der Waals surface area contributed by atoms with Crippen LogP contribution in [0.1, 0.15) is 43.1 Å². The third kappa shape index (κ3) is 4.62. The van der Waals surface area contributed by atoms with Crippen LogP contribution in [0.4, 0.5) is 0 Å². The second-order valence-corrected chi connectivity index (χ2v) is 5.66. The Morgan fingerprint density at radius 3 is 2.40 bits per heavy atom. The van der Waals surface area contributed by atoms with E-state index in [1.54, 1.807) is 0 Å². The van der Waals surface area contributed by atoms with Gasteiger partial charge in [-0.05, 0) is 36.5 Å². The molecule has 4 nitrogen and oxygen atoms in total. The molecule has 0 radical (unpaired) electrons. The van der Waals surface area contributed by atoms with Crippen molar-refractivity contribution in [3.05, 3.63) is 34.9 Å². The second-order valence-electron chi connectivity index (χ2n) is 5.66. The molecule has 0 spiro atoms. The van der Waals surface area contributed by atoms with E-state index in [0.29, 0.717) is 6.54 Å². The summed E-state index contributed by atoms with van der Waals surface area (Å²) in [4.78, 5) is 10.6. The minimum absolute atomic E-state index is 0.0584. The van der Waals surface area contributed by atoms with Crippen molar-refractivity contribution in [1.29, 1.82) is 0 Å². The zero-order valence-electron chi connectivity index (χ0n) is 12.7. The fourth-order valence-electron chi connectivity index (χ4n) is 2.21. The van der Waals surface area contributed by atoms with E-state index in [0.717, 1.165) is 11.1 Å². The van der Waals surface area contributed by atoms with E-state index < -0.39 is 12.1 Å². The Labute approximate surface area is 120 Å². The molecule has 1 rings (SSSR count). The highest BCUT2D eigenvalue weighted by Gasteiger charge is 2.23. The van der Waals surface area contributed by atoms with Crippen LogP contribution in [0.2, 0.25) is 0 Å². The summed E-state index contributed by atoms with van der Waals surface area (Å²) in [5.41, 5.74) is 3.21. The molecule has 0 fully saturated rings. The van der Waals surface area contributed by atoms with Crippen LogP contribution in [0.3, 0.4) is 0 Å². The molecule has 0 heterocycles. The van der Waals surface area contributed by atoms with Gasteiger partial charge in [-0.3, -0.25) is 4.79 Å². The number of hydrogen-bond acceptors (Lipinski definition) is 3. The van der Waals surface area contributed by atoms with Gasteiger partial charge in [-0.1, -0.05) is 32.0 Å². The zero-order valence-corrected chi connectivity index (χ0v) is 12.7. The second kappa shape index (κ2) is 7.41. The Kier molecular flexibility index (Phi) is 6.17. The SMILES string of the molecule is Cc1ccc(C(O)C(NCCC(=O)O)C(C)C)cc1C. The van der Waals surface area contributed by atoms with E-state index in [2.05, 4.69) is 5.32 Å². The molecular formula is C16H25NO3. The number of carbonyl (C=O) groups is 1. The summed E-state index contributed by atoms with van der Waals surface area (Å²) in [5.74, 6) is -0.624. The molecule has 0 aliphatic rings. The molecule has 2 unspecified atom stereocenters. The maximum absolute atomic E-state index is 10.6. The largest absolute Gasteiger partial charge is 0.481 e. The van der Waals surface area contributed by atoms with E-state index in [1.165, 1.54) is 5.56 Å². The van der Waals surface area contributed by atoms with E-state index in [9.17, 15) is 9.90 Å². The third-order valence-electron chi connectivity index (χ3n) is 3.65. The third-order valence-corrected chi connectivity index (χ3v) is 3.65. The summed E-state index contributed by atoms with van der Waals surface area (Å²) < 4.78 is 0. The molecule has 0 saturated carbocycles. The van der Waals surface area contributed by atoms with Gasteiger partial charge < -0.3 is 15.5 Å². The molecule has 3 N–H and O–H groups in total. The van der Waals surface area contributed by atoms with Gasteiger partial charge in [-0.15, -0.1) is 0 Å². The standard InChI is InChI=1S/C16H25NO3/c1-10(2)15(17-8-7-14(18)19)16(20)13-6-5-11(3)12(4)9-13/h5-6,9-10,15-17,20H,7-8H2,1-4H3,(H,18,19). The van der Waals surface area contributed by atoms with Crippen LogP contribution in [0, 0.1) is 19.8 Å². The number of aliphatic hydroxyl groups excluding tert-OH is 1. The van der Waals surface area contributed by atoms with Gasteiger partial charge in [0, 0.05) is 12.6 Å². The highest BCUT2D eigenvalue weighted by molar-refractivity contribution is 5.66. The lowest BCUT2D eigenvalue weighted by Crippen LogP contribution is -2.40. The fourth-order valence-corrected chi connectivity index (χ4v) is 2.21. The summed E-state index contributed by atoms with van der Waals surface area (Å²) in [6.45, 7) is 8.45. The molecule has 1 aromatic carbocycles. The van der Waals surface area contributed by atoms with Gasteiger partial charge in [-0.2, -0.15) is 0 Å². The zero-order chi connectivity index (χ0) is 15.3. The number of nitrogens with one attached hydrogen (secondary N) is 1. The number of aliphatic hydroxyl groups is 1. The summed E-state index contributed by atoms with van der Waals surface area (Å²) in [5, 5.41) is 22.4. The molecule has 4 heteroatoms. The van der Waals surface area contributed by atoms with E-state index in [4.69, 9.17) is 5.11 Å². The topological polar surface area (TPSA) is 69.6 Å². The Morgan fingerprint density at radius 1 is 1.25 bits per heavy atom. The predicted octanol–water partition coefficient (Wildman–Crippen LogP) is 2.43. The molecule has 2 atom stereocenters. The van der Waals surface area contributed by atoms with E-state index in [-0.39, 0.29) is 18.4 Å². The molecule has 20 heavy (non-hydrogen) atoms. The van der Waals surface area contributed by atoms with Crippen molar-refractivity contribution < 1.29 is 15.0 Å². The van der Waals surface area contributed by atoms with E-state index in [1.807, 2.05) is 45.9 Å². The molecule has 0 amide bonds. The summed E-state index contributed by atoms with van der Waals surface area (Å²) >= 11 is 0. The average Bonchev–Trinajstić information content (AvgIpc) is 2.36. The average molecular weight is 279 g/mol. The van der Waals surface area contributed by atoms with Crippen LogP contribution in [-0.4, -0.2) is 28.8 Å². The Morgan fingerprint density at radius 2 is 1.90 bits per heavy atom. The molecule has 0 aliphatic carbocycles. The molecule has 0 saturated heterocycles. The molecule has 0 aromatic heterocycles. The summed E-state index contributed by atoms with van der Waals surface area (Å²) in [6, 6.07) is 5.77. The van der Waals surface area contributed by atoms with E-state index >= 15 is 0 Å². The number of rotatable bonds is 7. The van der Waals surface area contributed by atoms with Crippen LogP contribution in [0.25, 0.3) is 0 Å². The van der Waals surface area contributed by atoms with Crippen molar-refractivity contribution in [2.75, 3.05) is 6.54 Å². The predicted molar refractivity (Wildman–Crippen MR) is 79.8 cm³/mol. The molecular weight excluding hydrogens is 254 g/mol. The quantitative estimate of drug-likeness (QED) is 0.717. The van der Waals surface area contributed by atoms with Crippen molar-refractivity contribution in [2.24, 2.45) is 5.92 Å². The number of carboxylic acids is 1. The number of carboxylic acid groups (broad SMARTS) is 1. The van der Waals surface area contributed by atoms with Crippen LogP contribution in [0.15, 0.2) is 18.2 Å². The maximum Gasteiger partial charge on any atom is 0.304 e. The highest BCUT2D eigenvalue weighted by atomic mass is 16.4. The first-order valence-corrected chi connectivity index (χ1v) is 7.03. The van der Waals surface area contributed by atoms with Gasteiger partial charge in [0.05, 0.1) is 12.5 Å². The fraction of sp³-hybridized carbons (Fsp3) is 0.562. The lowest BCUT2D eigenvalue weighted by molar-refractivity contribution is -0.136. The summed E-state index contributed by atoms with van der Waals surface area (Å²) in [6.07, 6.45) is -0.578. The summed E-state index contributed by atoms with van der Waals surface area (Å²) in [7, 11) is 0. The van der Waals surface area contributed by atoms with Crippen molar-refractivity contribution in [2.45, 2.75) is 46.3 Å². The molecule has 0 aliphatic heterocycles. The minimum atomic E-state index is -0.833. The Bertz CT molecular complexity index is 457. The normalized spacial score (nSPS) is 14.3. The smallest absolute Gasteiger partial charge is 0.304 e. The van der Waals surface area contributed by atoms with Crippen molar-refractivity contribution in [3.63, 3.8) is 0 Å². The lowest BCUT2D eigenvalue weighted by atomic mass is 9.91. The lowest BCUT2D eigenvalue weighted by Gasteiger charge is -2.28. The monoisotopic (exact) mass is 279 g/mol. The van der Waals surface area contributed by atoms with Gasteiger partial charge in [0.25, 0.3) is 0 Å². The molecule has 112 valence electrons.